The number of nitrogens with one attached hydrogen (secondary N) is 2. The van der Waals surface area contributed by atoms with Crippen LogP contribution in [0.3, 0.4) is 0 Å². The van der Waals surface area contributed by atoms with E-state index >= 15 is 0 Å². The number of aryl methyl sites for hydroxylation is 1. The molecule has 0 fully saturated rings. The third kappa shape index (κ3) is 8.89. The second-order valence-corrected chi connectivity index (χ2v) is 6.59. The normalized spacial score (nSPS) is 10.7. The molecule has 0 atom stereocenters. The number of amides is 1. The van der Waals surface area contributed by atoms with Crippen molar-refractivity contribution in [3.8, 4) is 11.5 Å². The minimum Gasteiger partial charge on any atom is -0.496 e. The van der Waals surface area contributed by atoms with Crippen molar-refractivity contribution in [1.29, 1.82) is 0 Å². The Kier molecular flexibility index (Phi) is 11.7. The second-order valence-electron chi connectivity index (χ2n) is 6.59. The van der Waals surface area contributed by atoms with E-state index in [1.165, 1.54) is 0 Å². The fourth-order valence-electron chi connectivity index (χ4n) is 2.72. The van der Waals surface area contributed by atoms with Crippen molar-refractivity contribution in [2.24, 2.45) is 10.7 Å². The van der Waals surface area contributed by atoms with Crippen molar-refractivity contribution < 1.29 is 14.3 Å². The number of nitrogens with zero attached hydrogens (tertiary/aromatic N) is 1. The van der Waals surface area contributed by atoms with Gasteiger partial charge in [0.05, 0.1) is 13.7 Å². The van der Waals surface area contributed by atoms with Crippen LogP contribution in [0.1, 0.15) is 23.6 Å². The molecule has 0 aliphatic rings. The fraction of sp³-hybridized carbons (Fsp3) is 0.364. The number of aliphatic imine (C=N–C) groups is 1. The van der Waals surface area contributed by atoms with Gasteiger partial charge in [0.25, 0.3) is 5.91 Å². The first kappa shape index (κ1) is 25.5. The summed E-state index contributed by atoms with van der Waals surface area (Å²) in [6.45, 7) is 6.01. The molecule has 2 rings (SSSR count). The van der Waals surface area contributed by atoms with Gasteiger partial charge in [-0.25, -0.2) is 4.99 Å². The van der Waals surface area contributed by atoms with Crippen molar-refractivity contribution in [3.05, 3.63) is 59.2 Å². The topological polar surface area (TPSA) is 98.0 Å². The minimum atomic E-state index is -0.489. The van der Waals surface area contributed by atoms with Gasteiger partial charge in [-0.2, -0.15) is 0 Å². The standard InChI is InChI=1S/C22H30N4O3.HI/c1-4-24-22(26-14-18-8-5-16(2)13-20(18)28-3)25-12-11-17-6-9-19(10-7-17)29-15-21(23)27;/h5-10,13H,4,11-12,14-15H2,1-3H3,(H2,23,27)(H2,24,25,26);1H. The zero-order chi connectivity index (χ0) is 21.1. The number of carbonyl (C=O) groups is 1. The zero-order valence-corrected chi connectivity index (χ0v) is 20.1. The van der Waals surface area contributed by atoms with Crippen molar-refractivity contribution in [1.82, 2.24) is 10.6 Å². The first-order valence-corrected chi connectivity index (χ1v) is 9.67. The van der Waals surface area contributed by atoms with E-state index in [0.717, 1.165) is 47.9 Å². The molecular weight excluding hydrogens is 495 g/mol. The Balaban J connectivity index is 0.00000450. The number of ether oxygens (including phenoxy) is 2. The Morgan fingerprint density at radius 1 is 1.13 bits per heavy atom. The summed E-state index contributed by atoms with van der Waals surface area (Å²) in [6, 6.07) is 13.7. The van der Waals surface area contributed by atoms with E-state index in [1.54, 1.807) is 7.11 Å². The Morgan fingerprint density at radius 3 is 2.50 bits per heavy atom. The van der Waals surface area contributed by atoms with Crippen molar-refractivity contribution in [2.45, 2.75) is 26.8 Å². The molecule has 0 aliphatic carbocycles. The molecule has 30 heavy (non-hydrogen) atoms. The quantitative estimate of drug-likeness (QED) is 0.251. The first-order valence-electron chi connectivity index (χ1n) is 9.67. The lowest BCUT2D eigenvalue weighted by molar-refractivity contribution is -0.119. The smallest absolute Gasteiger partial charge is 0.255 e. The minimum absolute atomic E-state index is 0. The van der Waals surface area contributed by atoms with Gasteiger partial charge in [-0.1, -0.05) is 24.3 Å². The molecule has 0 heterocycles. The maximum Gasteiger partial charge on any atom is 0.255 e. The summed E-state index contributed by atoms with van der Waals surface area (Å²) in [6.07, 6.45) is 0.828. The highest BCUT2D eigenvalue weighted by Gasteiger charge is 2.04. The van der Waals surface area contributed by atoms with E-state index in [2.05, 4.69) is 21.7 Å². The number of guanidine groups is 1. The van der Waals surface area contributed by atoms with Gasteiger partial charge in [0.1, 0.15) is 11.5 Å². The van der Waals surface area contributed by atoms with Gasteiger partial charge in [-0.3, -0.25) is 4.79 Å². The van der Waals surface area contributed by atoms with Gasteiger partial charge in [0.2, 0.25) is 0 Å². The maximum absolute atomic E-state index is 10.8. The van der Waals surface area contributed by atoms with Crippen LogP contribution in [0.2, 0.25) is 0 Å². The number of rotatable bonds is 10. The largest absolute Gasteiger partial charge is 0.496 e. The molecule has 0 saturated heterocycles. The molecule has 1 amide bonds. The molecule has 0 unspecified atom stereocenters. The maximum atomic E-state index is 10.8. The monoisotopic (exact) mass is 526 g/mol. The zero-order valence-electron chi connectivity index (χ0n) is 17.7. The van der Waals surface area contributed by atoms with E-state index in [1.807, 2.05) is 50.2 Å². The summed E-state index contributed by atoms with van der Waals surface area (Å²) in [5, 5.41) is 6.61. The van der Waals surface area contributed by atoms with Crippen molar-refractivity contribution >= 4 is 35.8 Å². The van der Waals surface area contributed by atoms with Gasteiger partial charge in [0, 0.05) is 18.7 Å². The molecule has 8 heteroatoms. The van der Waals surface area contributed by atoms with Gasteiger partial charge in [-0.15, -0.1) is 24.0 Å². The summed E-state index contributed by atoms with van der Waals surface area (Å²) in [5.74, 6) is 1.75. The van der Waals surface area contributed by atoms with E-state index in [0.29, 0.717) is 12.3 Å². The van der Waals surface area contributed by atoms with Gasteiger partial charge >= 0.3 is 0 Å². The fourth-order valence-corrected chi connectivity index (χ4v) is 2.72. The van der Waals surface area contributed by atoms with Gasteiger partial charge in [-0.05, 0) is 49.6 Å². The molecule has 7 nitrogen and oxygen atoms in total. The number of carbonyl (C=O) groups excluding carboxylic acids is 1. The molecule has 4 N–H and O–H groups in total. The third-order valence-electron chi connectivity index (χ3n) is 4.20. The van der Waals surface area contributed by atoms with Crippen LogP contribution in [0.25, 0.3) is 0 Å². The summed E-state index contributed by atoms with van der Waals surface area (Å²) in [4.78, 5) is 15.4. The number of hydrogen-bond donors (Lipinski definition) is 3. The van der Waals surface area contributed by atoms with Crippen LogP contribution in [0, 0.1) is 6.92 Å². The Bertz CT molecular complexity index is 826. The van der Waals surface area contributed by atoms with E-state index in [-0.39, 0.29) is 30.6 Å². The second kappa shape index (κ2) is 13.7. The summed E-state index contributed by atoms with van der Waals surface area (Å²) in [5.41, 5.74) is 8.43. The van der Waals surface area contributed by atoms with Crippen LogP contribution in [0.5, 0.6) is 11.5 Å². The lowest BCUT2D eigenvalue weighted by Gasteiger charge is -2.13. The van der Waals surface area contributed by atoms with Crippen LogP contribution < -0.4 is 25.8 Å². The summed E-state index contributed by atoms with van der Waals surface area (Å²) < 4.78 is 10.7. The lowest BCUT2D eigenvalue weighted by atomic mass is 10.1. The van der Waals surface area contributed by atoms with Crippen LogP contribution in [0.15, 0.2) is 47.5 Å². The van der Waals surface area contributed by atoms with Crippen LogP contribution in [-0.4, -0.2) is 38.7 Å². The Labute approximate surface area is 195 Å². The molecule has 0 radical (unpaired) electrons. The number of benzene rings is 2. The number of hydrogen-bond acceptors (Lipinski definition) is 4. The average molecular weight is 526 g/mol. The molecule has 0 aliphatic heterocycles. The molecule has 2 aromatic rings. The highest BCUT2D eigenvalue weighted by molar-refractivity contribution is 14.0. The van der Waals surface area contributed by atoms with Gasteiger partial charge < -0.3 is 25.8 Å². The van der Waals surface area contributed by atoms with Gasteiger partial charge in [0.15, 0.2) is 12.6 Å². The van der Waals surface area contributed by atoms with Crippen molar-refractivity contribution in [2.75, 3.05) is 26.8 Å². The predicted octanol–water partition coefficient (Wildman–Crippen LogP) is 2.78. The molecule has 0 saturated carbocycles. The SMILES string of the molecule is CCNC(=NCc1ccc(C)cc1OC)NCCc1ccc(OCC(N)=O)cc1.I. The summed E-state index contributed by atoms with van der Waals surface area (Å²) >= 11 is 0. The number of halogens is 1. The number of methoxy groups -OCH3 is 1. The Hall–Kier alpha value is -2.49. The first-order chi connectivity index (χ1) is 14.0. The summed E-state index contributed by atoms with van der Waals surface area (Å²) in [7, 11) is 1.68. The molecule has 164 valence electrons. The van der Waals surface area contributed by atoms with E-state index in [4.69, 9.17) is 15.2 Å². The van der Waals surface area contributed by atoms with Crippen LogP contribution in [-0.2, 0) is 17.8 Å². The van der Waals surface area contributed by atoms with Crippen molar-refractivity contribution in [3.63, 3.8) is 0 Å². The lowest BCUT2D eigenvalue weighted by Crippen LogP contribution is -2.38. The average Bonchev–Trinajstić information content (AvgIpc) is 2.72. The van der Waals surface area contributed by atoms with Crippen LogP contribution >= 0.6 is 24.0 Å². The Morgan fingerprint density at radius 2 is 1.87 bits per heavy atom. The van der Waals surface area contributed by atoms with E-state index in [9.17, 15) is 4.79 Å². The number of primary amides is 1. The highest BCUT2D eigenvalue weighted by Crippen LogP contribution is 2.20. The number of nitrogens with two attached hydrogens (primary N) is 1. The predicted molar refractivity (Wildman–Crippen MR) is 131 cm³/mol. The molecular formula is C22H31IN4O3. The van der Waals surface area contributed by atoms with Crippen LogP contribution in [0.4, 0.5) is 0 Å². The molecule has 0 bridgehead atoms. The molecule has 0 aromatic heterocycles. The molecule has 2 aromatic carbocycles. The third-order valence-corrected chi connectivity index (χ3v) is 4.20. The highest BCUT2D eigenvalue weighted by atomic mass is 127. The molecule has 0 spiro atoms. The van der Waals surface area contributed by atoms with E-state index < -0.39 is 5.91 Å².